The summed E-state index contributed by atoms with van der Waals surface area (Å²) in [7, 11) is 0. The van der Waals surface area contributed by atoms with E-state index in [0.29, 0.717) is 41.9 Å². The van der Waals surface area contributed by atoms with Gasteiger partial charge in [-0.15, -0.1) is 24.8 Å². The van der Waals surface area contributed by atoms with Crippen molar-refractivity contribution >= 4 is 42.3 Å². The van der Waals surface area contributed by atoms with Gasteiger partial charge in [-0.2, -0.15) is 0 Å². The van der Waals surface area contributed by atoms with E-state index < -0.39 is 0 Å². The minimum absolute atomic E-state index is 0. The van der Waals surface area contributed by atoms with Gasteiger partial charge in [-0.3, -0.25) is 4.79 Å². The number of benzene rings is 2. The second-order valence-corrected chi connectivity index (χ2v) is 7.75. The molecule has 3 atom stereocenters. The third-order valence-corrected chi connectivity index (χ3v) is 5.80. The summed E-state index contributed by atoms with van der Waals surface area (Å²) in [5, 5.41) is 3.86. The fraction of sp³-hybridized carbons (Fsp3) is 0.381. The van der Waals surface area contributed by atoms with Crippen LogP contribution in [0.15, 0.2) is 42.5 Å². The smallest absolute Gasteiger partial charge is 0.258 e. The van der Waals surface area contributed by atoms with Gasteiger partial charge in [-0.25, -0.2) is 4.39 Å². The summed E-state index contributed by atoms with van der Waals surface area (Å²) >= 11 is 6.16. The third-order valence-electron chi connectivity index (χ3n) is 5.56. The molecule has 9 heteroatoms. The van der Waals surface area contributed by atoms with Crippen LogP contribution in [0.25, 0.3) is 0 Å². The van der Waals surface area contributed by atoms with E-state index in [1.165, 1.54) is 12.1 Å². The predicted octanol–water partition coefficient (Wildman–Crippen LogP) is 3.69. The van der Waals surface area contributed by atoms with Crippen molar-refractivity contribution in [2.45, 2.75) is 6.04 Å². The minimum atomic E-state index is -0.297. The number of hydrogen-bond acceptors (Lipinski definition) is 4. The number of halogens is 4. The summed E-state index contributed by atoms with van der Waals surface area (Å²) in [6.07, 6.45) is 0. The van der Waals surface area contributed by atoms with Gasteiger partial charge in [0.1, 0.15) is 18.2 Å². The molecular weight excluding hydrogens is 452 g/mol. The van der Waals surface area contributed by atoms with E-state index in [-0.39, 0.29) is 48.5 Å². The number of carbonyl (C=O) groups excluding carboxylic acids is 1. The van der Waals surface area contributed by atoms with Gasteiger partial charge in [0.25, 0.3) is 5.91 Å². The number of fused-ring (bicyclic) bond motifs is 1. The maximum absolute atomic E-state index is 13.9. The molecule has 2 aromatic carbocycles. The molecule has 1 amide bonds. The van der Waals surface area contributed by atoms with Gasteiger partial charge in [0.2, 0.25) is 0 Å². The molecule has 5 nitrogen and oxygen atoms in total. The minimum Gasteiger partial charge on any atom is -0.491 e. The number of carbonyl (C=O) groups is 1. The molecule has 4 rings (SSSR count). The molecule has 2 saturated heterocycles. The standard InChI is InChI=1S/C21H23ClFN3O2.2ClH/c22-15-4-5-19(28-7-6-24)17(9-15)21(27)26-12-14-10-25-11-18(14)20(26)13-2-1-3-16(23)8-13;;/h1-5,8-9,14,18,20,25H,6-7,10-12,24H2;2*1H/t14-,18-,20-;;/m0../s1. The van der Waals surface area contributed by atoms with Crippen LogP contribution in [0.4, 0.5) is 4.39 Å². The van der Waals surface area contributed by atoms with Crippen molar-refractivity contribution in [1.82, 2.24) is 10.2 Å². The van der Waals surface area contributed by atoms with Crippen LogP contribution in [0.2, 0.25) is 5.02 Å². The number of amides is 1. The van der Waals surface area contributed by atoms with Crippen molar-refractivity contribution in [3.8, 4) is 5.75 Å². The lowest BCUT2D eigenvalue weighted by Crippen LogP contribution is -2.35. The average molecular weight is 477 g/mol. The lowest BCUT2D eigenvalue weighted by molar-refractivity contribution is 0.0709. The Morgan fingerprint density at radius 2 is 2.03 bits per heavy atom. The van der Waals surface area contributed by atoms with Crippen LogP contribution >= 0.6 is 36.4 Å². The number of rotatable bonds is 5. The molecule has 0 unspecified atom stereocenters. The van der Waals surface area contributed by atoms with E-state index in [0.717, 1.165) is 18.7 Å². The fourth-order valence-corrected chi connectivity index (χ4v) is 4.54. The number of ether oxygens (including phenoxy) is 1. The zero-order chi connectivity index (χ0) is 19.7. The monoisotopic (exact) mass is 475 g/mol. The lowest BCUT2D eigenvalue weighted by Gasteiger charge is -2.29. The summed E-state index contributed by atoms with van der Waals surface area (Å²) < 4.78 is 19.6. The molecule has 2 fully saturated rings. The molecule has 2 aliphatic rings. The van der Waals surface area contributed by atoms with Crippen molar-refractivity contribution in [1.29, 1.82) is 0 Å². The quantitative estimate of drug-likeness (QED) is 0.691. The van der Waals surface area contributed by atoms with Crippen LogP contribution in [0.1, 0.15) is 22.0 Å². The first kappa shape index (κ1) is 24.7. The fourth-order valence-electron chi connectivity index (χ4n) is 4.37. The van der Waals surface area contributed by atoms with Crippen molar-refractivity contribution in [3.05, 3.63) is 64.4 Å². The average Bonchev–Trinajstić information content (AvgIpc) is 3.27. The largest absolute Gasteiger partial charge is 0.491 e. The molecule has 0 saturated carbocycles. The van der Waals surface area contributed by atoms with Gasteiger partial charge in [0, 0.05) is 37.1 Å². The Morgan fingerprint density at radius 3 is 2.77 bits per heavy atom. The van der Waals surface area contributed by atoms with Crippen LogP contribution in [0, 0.1) is 17.7 Å². The second-order valence-electron chi connectivity index (χ2n) is 7.32. The second kappa shape index (κ2) is 10.6. The van der Waals surface area contributed by atoms with E-state index in [2.05, 4.69) is 5.32 Å². The van der Waals surface area contributed by atoms with Crippen molar-refractivity contribution in [3.63, 3.8) is 0 Å². The summed E-state index contributed by atoms with van der Waals surface area (Å²) in [6, 6.07) is 11.4. The number of nitrogens with one attached hydrogen (secondary N) is 1. The highest BCUT2D eigenvalue weighted by molar-refractivity contribution is 6.31. The lowest BCUT2D eigenvalue weighted by atomic mass is 9.89. The molecule has 2 aliphatic heterocycles. The van der Waals surface area contributed by atoms with Gasteiger partial charge in [-0.05, 0) is 41.8 Å². The van der Waals surface area contributed by atoms with E-state index in [1.54, 1.807) is 24.3 Å². The highest BCUT2D eigenvalue weighted by Gasteiger charge is 2.47. The van der Waals surface area contributed by atoms with Gasteiger partial charge < -0.3 is 20.7 Å². The predicted molar refractivity (Wildman–Crippen MR) is 121 cm³/mol. The molecule has 0 bridgehead atoms. The Balaban J connectivity index is 0.00000160. The van der Waals surface area contributed by atoms with Gasteiger partial charge in [0.15, 0.2) is 0 Å². The van der Waals surface area contributed by atoms with Crippen molar-refractivity contribution < 1.29 is 13.9 Å². The number of nitrogens with two attached hydrogens (primary N) is 1. The summed E-state index contributed by atoms with van der Waals surface area (Å²) in [6.45, 7) is 2.93. The molecule has 2 heterocycles. The highest BCUT2D eigenvalue weighted by Crippen LogP contribution is 2.44. The van der Waals surface area contributed by atoms with E-state index >= 15 is 0 Å². The van der Waals surface area contributed by atoms with Crippen LogP contribution < -0.4 is 15.8 Å². The molecule has 30 heavy (non-hydrogen) atoms. The van der Waals surface area contributed by atoms with Crippen molar-refractivity contribution in [2.24, 2.45) is 17.6 Å². The van der Waals surface area contributed by atoms with Crippen LogP contribution in [-0.4, -0.2) is 43.6 Å². The SMILES string of the molecule is Cl.Cl.NCCOc1ccc(Cl)cc1C(=O)N1C[C@@H]2CNC[C@@H]2[C@@H]1c1cccc(F)c1. The van der Waals surface area contributed by atoms with E-state index in [1.807, 2.05) is 11.0 Å². The topological polar surface area (TPSA) is 67.6 Å². The van der Waals surface area contributed by atoms with Crippen LogP contribution in [-0.2, 0) is 0 Å². The summed E-state index contributed by atoms with van der Waals surface area (Å²) in [5.74, 6) is 0.600. The molecule has 0 aliphatic carbocycles. The number of nitrogens with zero attached hydrogens (tertiary/aromatic N) is 1. The van der Waals surface area contributed by atoms with Gasteiger partial charge in [0.05, 0.1) is 11.6 Å². The Labute approximate surface area is 192 Å². The Bertz CT molecular complexity index is 886. The first-order valence-corrected chi connectivity index (χ1v) is 9.86. The zero-order valence-electron chi connectivity index (χ0n) is 16.2. The maximum atomic E-state index is 13.9. The third kappa shape index (κ3) is 4.84. The Morgan fingerprint density at radius 1 is 1.23 bits per heavy atom. The molecule has 2 aromatic rings. The molecule has 164 valence electrons. The highest BCUT2D eigenvalue weighted by atomic mass is 35.5. The molecular formula is C21H25Cl3FN3O2. The zero-order valence-corrected chi connectivity index (χ0v) is 18.6. The first-order valence-electron chi connectivity index (χ1n) is 9.48. The van der Waals surface area contributed by atoms with E-state index in [4.69, 9.17) is 22.1 Å². The van der Waals surface area contributed by atoms with Crippen LogP contribution in [0.5, 0.6) is 5.75 Å². The first-order chi connectivity index (χ1) is 13.6. The summed E-state index contributed by atoms with van der Waals surface area (Å²) in [4.78, 5) is 15.4. The van der Waals surface area contributed by atoms with Crippen molar-refractivity contribution in [2.75, 3.05) is 32.8 Å². The normalized spacial score (nSPS) is 22.1. The molecule has 0 spiro atoms. The van der Waals surface area contributed by atoms with E-state index in [9.17, 15) is 9.18 Å². The maximum Gasteiger partial charge on any atom is 0.258 e. The van der Waals surface area contributed by atoms with Gasteiger partial charge >= 0.3 is 0 Å². The number of likely N-dealkylation sites (tertiary alicyclic amines) is 1. The Kier molecular flexibility index (Phi) is 8.76. The summed E-state index contributed by atoms with van der Waals surface area (Å²) in [5.41, 5.74) is 6.77. The molecule has 0 radical (unpaired) electrons. The molecule has 0 aromatic heterocycles. The van der Waals surface area contributed by atoms with Gasteiger partial charge in [-0.1, -0.05) is 23.7 Å². The Hall–Kier alpha value is -1.57. The molecule has 3 N–H and O–H groups in total. The van der Waals surface area contributed by atoms with Crippen LogP contribution in [0.3, 0.4) is 0 Å². The number of hydrogen-bond donors (Lipinski definition) is 2.